The second-order valence-corrected chi connectivity index (χ2v) is 7.48. The van der Waals surface area contributed by atoms with E-state index in [4.69, 9.17) is 0 Å². The molecule has 1 atom stereocenters. The van der Waals surface area contributed by atoms with Gasteiger partial charge in [-0.25, -0.2) is 4.79 Å². The topological polar surface area (TPSA) is 42.1 Å². The lowest BCUT2D eigenvalue weighted by Crippen LogP contribution is -2.40. The fourth-order valence-electron chi connectivity index (χ4n) is 2.61. The molecule has 3 nitrogen and oxygen atoms in total. The van der Waals surface area contributed by atoms with Crippen molar-refractivity contribution in [2.24, 2.45) is 0 Å². The molecule has 130 valence electrons. The maximum absolute atomic E-state index is 15.0. The average molecular weight is 362 g/mol. The molecule has 1 heterocycles. The van der Waals surface area contributed by atoms with Crippen LogP contribution in [0.5, 0.6) is 0 Å². The van der Waals surface area contributed by atoms with Crippen LogP contribution in [0.1, 0.15) is 12.5 Å². The molecule has 6 heteroatoms. The Labute approximate surface area is 147 Å². The van der Waals surface area contributed by atoms with Crippen molar-refractivity contribution >= 4 is 27.8 Å². The number of esters is 1. The van der Waals surface area contributed by atoms with Gasteiger partial charge in [0.2, 0.25) is 0 Å². The number of fused-ring (bicyclic) bond motifs is 1. The maximum atomic E-state index is 15.0. The fourth-order valence-corrected chi connectivity index (χ4v) is 4.66. The van der Waals surface area contributed by atoms with Crippen LogP contribution in [0.3, 0.4) is 0 Å². The summed E-state index contributed by atoms with van der Waals surface area (Å²) in [5, 5.41) is -2.90. The smallest absolute Gasteiger partial charge is 0.458 e. The van der Waals surface area contributed by atoms with Crippen molar-refractivity contribution in [1.29, 1.82) is 0 Å². The SMILES string of the molecule is CCOC(=O)C(F)(F)[S+](Cc1ccccc1)c1c[nH]c2ccccc12. The maximum Gasteiger partial charge on any atom is 0.515 e. The van der Waals surface area contributed by atoms with Crippen LogP contribution < -0.4 is 0 Å². The minimum Gasteiger partial charge on any atom is -0.458 e. The van der Waals surface area contributed by atoms with Crippen LogP contribution in [0.4, 0.5) is 8.78 Å². The molecule has 3 rings (SSSR count). The minimum atomic E-state index is -3.60. The van der Waals surface area contributed by atoms with Crippen LogP contribution in [0.15, 0.2) is 65.7 Å². The summed E-state index contributed by atoms with van der Waals surface area (Å²) in [6.45, 7) is 1.44. The van der Waals surface area contributed by atoms with Crippen molar-refractivity contribution in [3.8, 4) is 0 Å². The number of aromatic nitrogens is 1. The molecule has 25 heavy (non-hydrogen) atoms. The normalized spacial score (nSPS) is 12.9. The van der Waals surface area contributed by atoms with E-state index in [1.807, 2.05) is 18.2 Å². The lowest BCUT2D eigenvalue weighted by molar-refractivity contribution is -0.159. The fraction of sp³-hybridized carbons (Fsp3) is 0.211. The van der Waals surface area contributed by atoms with Crippen molar-refractivity contribution in [3.63, 3.8) is 0 Å². The van der Waals surface area contributed by atoms with E-state index in [1.54, 1.807) is 42.6 Å². The summed E-state index contributed by atoms with van der Waals surface area (Å²) in [6.07, 6.45) is 1.57. The highest BCUT2D eigenvalue weighted by molar-refractivity contribution is 7.98. The zero-order valence-electron chi connectivity index (χ0n) is 13.7. The van der Waals surface area contributed by atoms with Gasteiger partial charge >= 0.3 is 11.2 Å². The minimum absolute atomic E-state index is 0.0640. The Balaban J connectivity index is 2.07. The number of carbonyl (C=O) groups is 1. The number of ether oxygens (including phenoxy) is 1. The highest BCUT2D eigenvalue weighted by Crippen LogP contribution is 2.38. The molecule has 0 bridgehead atoms. The lowest BCUT2D eigenvalue weighted by atomic mass is 10.2. The number of rotatable bonds is 6. The summed E-state index contributed by atoms with van der Waals surface area (Å²) >= 11 is 0. The number of carbonyl (C=O) groups excluding carboxylic acids is 1. The van der Waals surface area contributed by atoms with E-state index >= 15 is 0 Å². The van der Waals surface area contributed by atoms with E-state index in [2.05, 4.69) is 9.72 Å². The quantitative estimate of drug-likeness (QED) is 0.518. The summed E-state index contributed by atoms with van der Waals surface area (Å²) in [6, 6.07) is 16.2. The molecule has 0 amide bonds. The van der Waals surface area contributed by atoms with Gasteiger partial charge < -0.3 is 9.72 Å². The Kier molecular flexibility index (Phi) is 5.08. The number of aromatic amines is 1. The number of benzene rings is 2. The van der Waals surface area contributed by atoms with Crippen molar-refractivity contribution in [3.05, 3.63) is 66.4 Å². The molecule has 0 radical (unpaired) electrons. The van der Waals surface area contributed by atoms with Crippen LogP contribution in [-0.4, -0.2) is 22.8 Å². The standard InChI is InChI=1S/C19H18F2NO2S/c1-2-24-18(23)19(20,21)25(13-14-8-4-3-5-9-14)17-12-22-16-11-7-6-10-15(16)17/h3-12,22H,2,13H2,1H3/q+1. The molecule has 0 aliphatic carbocycles. The highest BCUT2D eigenvalue weighted by Gasteiger charge is 2.60. The van der Waals surface area contributed by atoms with Gasteiger partial charge in [0.25, 0.3) is 0 Å². The van der Waals surface area contributed by atoms with Gasteiger partial charge in [0, 0.05) is 5.56 Å². The van der Waals surface area contributed by atoms with Gasteiger partial charge in [-0.3, -0.25) is 0 Å². The summed E-state index contributed by atoms with van der Waals surface area (Å²) in [5.74, 6) is -1.41. The molecule has 2 aromatic carbocycles. The Hall–Kier alpha value is -2.34. The van der Waals surface area contributed by atoms with E-state index in [9.17, 15) is 13.6 Å². The Morgan fingerprint density at radius 3 is 2.52 bits per heavy atom. The number of alkyl halides is 2. The van der Waals surface area contributed by atoms with Crippen LogP contribution >= 0.6 is 0 Å². The van der Waals surface area contributed by atoms with Gasteiger partial charge in [-0.1, -0.05) is 42.5 Å². The van der Waals surface area contributed by atoms with E-state index in [0.717, 1.165) is 11.1 Å². The molecular formula is C19H18F2NO2S+. The summed E-state index contributed by atoms with van der Waals surface area (Å²) in [5.41, 5.74) is 1.52. The molecule has 0 aliphatic rings. The number of para-hydroxylation sites is 1. The molecule has 0 saturated heterocycles. The molecule has 0 saturated carbocycles. The first-order chi connectivity index (χ1) is 12.0. The predicted octanol–water partition coefficient (Wildman–Crippen LogP) is 4.50. The van der Waals surface area contributed by atoms with E-state index < -0.39 is 22.1 Å². The Morgan fingerprint density at radius 2 is 1.80 bits per heavy atom. The second kappa shape index (κ2) is 7.27. The summed E-state index contributed by atoms with van der Waals surface area (Å²) in [7, 11) is -1.66. The van der Waals surface area contributed by atoms with Gasteiger partial charge in [-0.15, -0.1) is 8.78 Å². The number of hydrogen-bond donors (Lipinski definition) is 1. The predicted molar refractivity (Wildman–Crippen MR) is 95.7 cm³/mol. The van der Waals surface area contributed by atoms with Gasteiger partial charge in [0.05, 0.1) is 23.7 Å². The first-order valence-corrected chi connectivity index (χ1v) is 9.29. The third-order valence-electron chi connectivity index (χ3n) is 3.79. The Morgan fingerprint density at radius 1 is 1.12 bits per heavy atom. The lowest BCUT2D eigenvalue weighted by Gasteiger charge is -2.16. The number of hydrogen-bond acceptors (Lipinski definition) is 2. The summed E-state index contributed by atoms with van der Waals surface area (Å²) in [4.78, 5) is 15.4. The zero-order valence-corrected chi connectivity index (χ0v) is 14.5. The zero-order chi connectivity index (χ0) is 17.9. The van der Waals surface area contributed by atoms with Crippen molar-refractivity contribution in [1.82, 2.24) is 4.98 Å². The van der Waals surface area contributed by atoms with Crippen molar-refractivity contribution < 1.29 is 18.3 Å². The van der Waals surface area contributed by atoms with Crippen LogP contribution in [0.2, 0.25) is 0 Å². The monoisotopic (exact) mass is 362 g/mol. The Bertz CT molecular complexity index is 864. The molecule has 1 N–H and O–H groups in total. The third kappa shape index (κ3) is 3.54. The molecule has 0 fully saturated rings. The molecule has 1 aromatic heterocycles. The molecule has 3 aromatic rings. The van der Waals surface area contributed by atoms with Gasteiger partial charge in [-0.05, 0) is 19.1 Å². The first-order valence-electron chi connectivity index (χ1n) is 7.90. The number of nitrogens with one attached hydrogen (secondary N) is 1. The van der Waals surface area contributed by atoms with Crippen LogP contribution in [0, 0.1) is 0 Å². The van der Waals surface area contributed by atoms with Gasteiger partial charge in [-0.2, -0.15) is 0 Å². The summed E-state index contributed by atoms with van der Waals surface area (Å²) < 4.78 is 34.6. The van der Waals surface area contributed by atoms with Gasteiger partial charge in [0.1, 0.15) is 16.6 Å². The molecule has 0 aliphatic heterocycles. The van der Waals surface area contributed by atoms with E-state index in [-0.39, 0.29) is 12.4 Å². The van der Waals surface area contributed by atoms with Crippen LogP contribution in [-0.2, 0) is 26.2 Å². The molecule has 0 spiro atoms. The van der Waals surface area contributed by atoms with E-state index in [1.165, 1.54) is 6.92 Å². The van der Waals surface area contributed by atoms with Crippen molar-refractivity contribution in [2.75, 3.05) is 6.61 Å². The van der Waals surface area contributed by atoms with Crippen molar-refractivity contribution in [2.45, 2.75) is 22.8 Å². The average Bonchev–Trinajstić information content (AvgIpc) is 3.04. The van der Waals surface area contributed by atoms with Crippen LogP contribution in [0.25, 0.3) is 10.9 Å². The second-order valence-electron chi connectivity index (χ2n) is 5.46. The van der Waals surface area contributed by atoms with E-state index in [0.29, 0.717) is 10.3 Å². The third-order valence-corrected chi connectivity index (χ3v) is 6.07. The first kappa shape index (κ1) is 17.5. The molecular weight excluding hydrogens is 344 g/mol. The van der Waals surface area contributed by atoms with Gasteiger partial charge in [0.15, 0.2) is 4.90 Å². The molecule has 1 unspecified atom stereocenters. The highest BCUT2D eigenvalue weighted by atomic mass is 32.2. The number of halogens is 2. The largest absolute Gasteiger partial charge is 0.515 e. The number of H-pyrrole nitrogens is 1.